The van der Waals surface area contributed by atoms with Crippen LogP contribution in [0, 0.1) is 0 Å². The number of benzene rings is 1. The maximum atomic E-state index is 11.7. The first-order chi connectivity index (χ1) is 8.34. The molecule has 0 unspecified atom stereocenters. The molecule has 0 spiro atoms. The lowest BCUT2D eigenvalue weighted by atomic mass is 10.0. The van der Waals surface area contributed by atoms with Gasteiger partial charge in [-0.1, -0.05) is 30.3 Å². The lowest BCUT2D eigenvalue weighted by Crippen LogP contribution is -2.02. The molecule has 0 aliphatic rings. The van der Waals surface area contributed by atoms with Crippen LogP contribution in [-0.2, 0) is 17.6 Å². The van der Waals surface area contributed by atoms with E-state index in [1.54, 1.807) is 11.3 Å². The second-order valence-corrected chi connectivity index (χ2v) is 4.97. The molecule has 0 aliphatic heterocycles. The summed E-state index contributed by atoms with van der Waals surface area (Å²) in [6.45, 7) is 0. The van der Waals surface area contributed by atoms with Crippen molar-refractivity contribution in [1.82, 2.24) is 0 Å². The van der Waals surface area contributed by atoms with E-state index in [1.807, 2.05) is 29.6 Å². The fraction of sp³-hybridized carbons (Fsp3) is 0.267. The Bertz CT molecular complexity index is 445. The Morgan fingerprint density at radius 2 is 1.88 bits per heavy atom. The predicted octanol–water partition coefficient (Wildman–Crippen LogP) is 3.88. The van der Waals surface area contributed by atoms with Crippen LogP contribution in [0.15, 0.2) is 47.2 Å². The minimum atomic E-state index is 0.347. The standard InChI is InChI=1S/C15H16OS/c16-15(11-14-9-10-17-12-14)8-4-7-13-5-2-1-3-6-13/h1-3,5-6,9-10,12H,4,7-8,11H2. The van der Waals surface area contributed by atoms with Crippen molar-refractivity contribution in [2.24, 2.45) is 0 Å². The zero-order valence-electron chi connectivity index (χ0n) is 9.76. The highest BCUT2D eigenvalue weighted by Gasteiger charge is 2.04. The number of hydrogen-bond acceptors (Lipinski definition) is 2. The van der Waals surface area contributed by atoms with Crippen LogP contribution < -0.4 is 0 Å². The van der Waals surface area contributed by atoms with Crippen molar-refractivity contribution >= 4 is 17.1 Å². The summed E-state index contributed by atoms with van der Waals surface area (Å²) in [7, 11) is 0. The van der Waals surface area contributed by atoms with Gasteiger partial charge in [-0.25, -0.2) is 0 Å². The summed E-state index contributed by atoms with van der Waals surface area (Å²) in [6, 6.07) is 12.4. The van der Waals surface area contributed by atoms with Gasteiger partial charge in [0.05, 0.1) is 0 Å². The monoisotopic (exact) mass is 244 g/mol. The predicted molar refractivity (Wildman–Crippen MR) is 72.4 cm³/mol. The van der Waals surface area contributed by atoms with Crippen molar-refractivity contribution in [3.05, 3.63) is 58.3 Å². The normalized spacial score (nSPS) is 10.4. The van der Waals surface area contributed by atoms with Crippen LogP contribution in [0.1, 0.15) is 24.0 Å². The molecule has 2 aromatic rings. The number of rotatable bonds is 6. The topological polar surface area (TPSA) is 17.1 Å². The van der Waals surface area contributed by atoms with Gasteiger partial charge in [0.25, 0.3) is 0 Å². The third-order valence-corrected chi connectivity index (χ3v) is 3.48. The summed E-state index contributed by atoms with van der Waals surface area (Å²) >= 11 is 1.65. The Kier molecular flexibility index (Phi) is 4.51. The Hall–Kier alpha value is -1.41. The molecule has 0 aliphatic carbocycles. The first-order valence-electron chi connectivity index (χ1n) is 5.91. The summed E-state index contributed by atoms with van der Waals surface area (Å²) in [5.74, 6) is 0.347. The quantitative estimate of drug-likeness (QED) is 0.753. The molecule has 0 bridgehead atoms. The number of hydrogen-bond donors (Lipinski definition) is 0. The summed E-state index contributed by atoms with van der Waals surface area (Å²) in [6.07, 6.45) is 3.23. The van der Waals surface area contributed by atoms with Crippen LogP contribution in [0.4, 0.5) is 0 Å². The lowest BCUT2D eigenvalue weighted by Gasteiger charge is -2.01. The van der Waals surface area contributed by atoms with Gasteiger partial charge in [-0.3, -0.25) is 4.79 Å². The SMILES string of the molecule is O=C(CCCc1ccccc1)Cc1ccsc1. The molecule has 2 heteroatoms. The van der Waals surface area contributed by atoms with E-state index in [2.05, 4.69) is 17.5 Å². The molecule has 0 saturated heterocycles. The first-order valence-corrected chi connectivity index (χ1v) is 6.85. The highest BCUT2D eigenvalue weighted by Crippen LogP contribution is 2.10. The number of carbonyl (C=O) groups excluding carboxylic acids is 1. The molecule has 0 N–H and O–H groups in total. The van der Waals surface area contributed by atoms with E-state index in [4.69, 9.17) is 0 Å². The molecule has 2 rings (SSSR count). The summed E-state index contributed by atoms with van der Waals surface area (Å²) in [5, 5.41) is 4.07. The lowest BCUT2D eigenvalue weighted by molar-refractivity contribution is -0.118. The third kappa shape index (κ3) is 4.16. The maximum absolute atomic E-state index is 11.7. The molecule has 1 heterocycles. The second kappa shape index (κ2) is 6.36. The molecule has 17 heavy (non-hydrogen) atoms. The first kappa shape index (κ1) is 12.1. The third-order valence-electron chi connectivity index (χ3n) is 2.75. The summed E-state index contributed by atoms with van der Waals surface area (Å²) < 4.78 is 0. The average Bonchev–Trinajstić information content (AvgIpc) is 2.83. The molecule has 1 nitrogen and oxygen atoms in total. The van der Waals surface area contributed by atoms with Gasteiger partial charge in [0, 0.05) is 12.8 Å². The van der Waals surface area contributed by atoms with E-state index in [0.29, 0.717) is 18.6 Å². The van der Waals surface area contributed by atoms with Crippen molar-refractivity contribution in [2.45, 2.75) is 25.7 Å². The largest absolute Gasteiger partial charge is 0.299 e. The van der Waals surface area contributed by atoms with Gasteiger partial charge < -0.3 is 0 Å². The van der Waals surface area contributed by atoms with Gasteiger partial charge in [0.15, 0.2) is 0 Å². The van der Waals surface area contributed by atoms with E-state index in [-0.39, 0.29) is 0 Å². The number of Topliss-reactive ketones (excluding diaryl/α,β-unsaturated/α-hetero) is 1. The summed E-state index contributed by atoms with van der Waals surface area (Å²) in [4.78, 5) is 11.7. The summed E-state index contributed by atoms with van der Waals surface area (Å²) in [5.41, 5.74) is 2.47. The molecule has 0 saturated carbocycles. The zero-order chi connectivity index (χ0) is 11.9. The van der Waals surface area contributed by atoms with Crippen LogP contribution in [0.25, 0.3) is 0 Å². The van der Waals surface area contributed by atoms with E-state index < -0.39 is 0 Å². The average molecular weight is 244 g/mol. The van der Waals surface area contributed by atoms with Crippen molar-refractivity contribution in [3.63, 3.8) is 0 Å². The highest BCUT2D eigenvalue weighted by molar-refractivity contribution is 7.07. The molecular formula is C15H16OS. The minimum Gasteiger partial charge on any atom is -0.299 e. The molecular weight excluding hydrogens is 228 g/mol. The Labute approximate surface area is 106 Å². The van der Waals surface area contributed by atoms with E-state index in [9.17, 15) is 4.79 Å². The Balaban J connectivity index is 1.70. The maximum Gasteiger partial charge on any atom is 0.137 e. The number of carbonyl (C=O) groups is 1. The van der Waals surface area contributed by atoms with Crippen LogP contribution in [0.2, 0.25) is 0 Å². The van der Waals surface area contributed by atoms with Crippen molar-refractivity contribution < 1.29 is 4.79 Å². The molecule has 0 radical (unpaired) electrons. The van der Waals surface area contributed by atoms with Crippen molar-refractivity contribution in [3.8, 4) is 0 Å². The number of ketones is 1. The molecule has 0 fully saturated rings. The molecule has 1 aromatic carbocycles. The minimum absolute atomic E-state index is 0.347. The second-order valence-electron chi connectivity index (χ2n) is 4.19. The van der Waals surface area contributed by atoms with Crippen LogP contribution in [0.3, 0.4) is 0 Å². The van der Waals surface area contributed by atoms with Gasteiger partial charge >= 0.3 is 0 Å². The molecule has 88 valence electrons. The fourth-order valence-corrected chi connectivity index (χ4v) is 2.51. The Morgan fingerprint density at radius 1 is 1.06 bits per heavy atom. The van der Waals surface area contributed by atoms with Crippen LogP contribution in [-0.4, -0.2) is 5.78 Å². The van der Waals surface area contributed by atoms with E-state index in [0.717, 1.165) is 18.4 Å². The Morgan fingerprint density at radius 3 is 2.59 bits per heavy atom. The van der Waals surface area contributed by atoms with E-state index >= 15 is 0 Å². The highest BCUT2D eigenvalue weighted by atomic mass is 32.1. The number of thiophene rings is 1. The van der Waals surface area contributed by atoms with Gasteiger partial charge in [-0.05, 0) is 40.8 Å². The van der Waals surface area contributed by atoms with Gasteiger partial charge in [-0.2, -0.15) is 11.3 Å². The van der Waals surface area contributed by atoms with Crippen molar-refractivity contribution in [1.29, 1.82) is 0 Å². The molecule has 0 amide bonds. The fourth-order valence-electron chi connectivity index (χ4n) is 1.84. The molecule has 0 atom stereocenters. The van der Waals surface area contributed by atoms with Gasteiger partial charge in [0.2, 0.25) is 0 Å². The zero-order valence-corrected chi connectivity index (χ0v) is 10.6. The molecule has 1 aromatic heterocycles. The van der Waals surface area contributed by atoms with Crippen LogP contribution >= 0.6 is 11.3 Å². The smallest absolute Gasteiger partial charge is 0.137 e. The van der Waals surface area contributed by atoms with Crippen LogP contribution in [0.5, 0.6) is 0 Å². The number of aryl methyl sites for hydroxylation is 1. The van der Waals surface area contributed by atoms with Gasteiger partial charge in [-0.15, -0.1) is 0 Å². The van der Waals surface area contributed by atoms with Crippen molar-refractivity contribution in [2.75, 3.05) is 0 Å². The van der Waals surface area contributed by atoms with E-state index in [1.165, 1.54) is 5.56 Å². The van der Waals surface area contributed by atoms with Gasteiger partial charge in [0.1, 0.15) is 5.78 Å².